The van der Waals surface area contributed by atoms with Crippen LogP contribution in [0, 0.1) is 11.9 Å². The van der Waals surface area contributed by atoms with E-state index in [1.165, 1.54) is 6.07 Å². The Balaban J connectivity index is 3.06. The molecule has 1 rings (SSSR count). The minimum atomic E-state index is -0.451. The quantitative estimate of drug-likeness (QED) is 0.662. The number of benzene rings is 1. The second-order valence-electron chi connectivity index (χ2n) is 1.83. The van der Waals surface area contributed by atoms with Gasteiger partial charge in [0.25, 0.3) is 0 Å². The minimum absolute atomic E-state index is 0.184. The molecule has 10 heavy (non-hydrogen) atoms. The van der Waals surface area contributed by atoms with Gasteiger partial charge in [0.15, 0.2) is 0 Å². The molecule has 0 bridgehead atoms. The Morgan fingerprint density at radius 1 is 1.60 bits per heavy atom. The van der Waals surface area contributed by atoms with Crippen LogP contribution in [0.15, 0.2) is 12.1 Å². The first-order valence-corrected chi connectivity index (χ1v) is 3.08. The molecule has 0 aliphatic rings. The lowest BCUT2D eigenvalue weighted by Gasteiger charge is -1.95. The maximum atomic E-state index is 12.4. The lowest BCUT2D eigenvalue weighted by Crippen LogP contribution is -1.84. The number of aliphatic hydroxyl groups excluding tert-OH is 1. The predicted molar refractivity (Wildman–Crippen MR) is 36.2 cm³/mol. The first-order chi connectivity index (χ1) is 4.72. The number of hydrogen-bond acceptors (Lipinski definition) is 1. The van der Waals surface area contributed by atoms with E-state index in [1.807, 2.05) is 0 Å². The Labute approximate surface area is 63.1 Å². The molecule has 0 aromatic heterocycles. The summed E-state index contributed by atoms with van der Waals surface area (Å²) < 4.78 is 12.4. The third-order valence-electron chi connectivity index (χ3n) is 1.03. The van der Waals surface area contributed by atoms with Crippen LogP contribution in [0.3, 0.4) is 0 Å². The van der Waals surface area contributed by atoms with Crippen molar-refractivity contribution in [3.05, 3.63) is 34.6 Å². The van der Waals surface area contributed by atoms with Crippen LogP contribution >= 0.6 is 11.6 Å². The monoisotopic (exact) mass is 159 g/mol. The molecule has 0 heterocycles. The Morgan fingerprint density at radius 2 is 2.30 bits per heavy atom. The summed E-state index contributed by atoms with van der Waals surface area (Å²) in [6.45, 7) is -0.239. The van der Waals surface area contributed by atoms with Crippen molar-refractivity contribution < 1.29 is 9.50 Å². The fraction of sp³-hybridized carbons (Fsp3) is 0.143. The van der Waals surface area contributed by atoms with Gasteiger partial charge >= 0.3 is 0 Å². The maximum Gasteiger partial charge on any atom is 0.125 e. The molecule has 0 atom stereocenters. The molecule has 0 aliphatic heterocycles. The van der Waals surface area contributed by atoms with E-state index in [4.69, 9.17) is 16.7 Å². The van der Waals surface area contributed by atoms with E-state index >= 15 is 0 Å². The number of hydrogen-bond donors (Lipinski definition) is 1. The first kappa shape index (κ1) is 7.51. The highest BCUT2D eigenvalue weighted by molar-refractivity contribution is 6.30. The summed E-state index contributed by atoms with van der Waals surface area (Å²) in [5.41, 5.74) is 0.366. The molecule has 0 saturated carbocycles. The molecule has 0 fully saturated rings. The summed E-state index contributed by atoms with van der Waals surface area (Å²) in [6, 6.07) is 4.90. The van der Waals surface area contributed by atoms with Crippen LogP contribution in [0.4, 0.5) is 4.39 Å². The highest BCUT2D eigenvalue weighted by Crippen LogP contribution is 2.12. The third kappa shape index (κ3) is 1.69. The summed E-state index contributed by atoms with van der Waals surface area (Å²) in [5, 5.41) is 8.71. The smallest absolute Gasteiger partial charge is 0.125 e. The highest BCUT2D eigenvalue weighted by Gasteiger charge is 1.97. The summed E-state index contributed by atoms with van der Waals surface area (Å²) in [5.74, 6) is -0.451. The fourth-order valence-electron chi connectivity index (χ4n) is 0.640. The van der Waals surface area contributed by atoms with Crippen molar-refractivity contribution in [2.75, 3.05) is 0 Å². The second-order valence-corrected chi connectivity index (χ2v) is 2.24. The van der Waals surface area contributed by atoms with Gasteiger partial charge in [0.2, 0.25) is 0 Å². The molecule has 3 heteroatoms. The van der Waals surface area contributed by atoms with Gasteiger partial charge in [0.1, 0.15) is 5.82 Å². The molecule has 1 N–H and O–H groups in total. The molecule has 53 valence electrons. The molecule has 0 unspecified atom stereocenters. The van der Waals surface area contributed by atoms with Crippen LogP contribution in [0.5, 0.6) is 0 Å². The molecule has 1 aromatic rings. The van der Waals surface area contributed by atoms with Crippen molar-refractivity contribution in [1.29, 1.82) is 0 Å². The van der Waals surface area contributed by atoms with E-state index in [2.05, 4.69) is 6.07 Å². The Hall–Kier alpha value is -0.600. The lowest BCUT2D eigenvalue weighted by atomic mass is 10.2. The minimum Gasteiger partial charge on any atom is -0.392 e. The summed E-state index contributed by atoms with van der Waals surface area (Å²) >= 11 is 5.42. The van der Waals surface area contributed by atoms with Crippen molar-refractivity contribution in [1.82, 2.24) is 0 Å². The largest absolute Gasteiger partial charge is 0.392 e. The van der Waals surface area contributed by atoms with Crippen LogP contribution in [0.1, 0.15) is 5.56 Å². The van der Waals surface area contributed by atoms with Gasteiger partial charge in [-0.1, -0.05) is 11.6 Å². The zero-order valence-electron chi connectivity index (χ0n) is 5.06. The zero-order chi connectivity index (χ0) is 7.56. The Bertz CT molecular complexity index is 217. The number of rotatable bonds is 1. The first-order valence-electron chi connectivity index (χ1n) is 2.70. The van der Waals surface area contributed by atoms with Crippen LogP contribution < -0.4 is 0 Å². The van der Waals surface area contributed by atoms with Gasteiger partial charge in [-0.25, -0.2) is 4.39 Å². The van der Waals surface area contributed by atoms with E-state index in [0.29, 0.717) is 5.56 Å². The molecule has 0 aliphatic carbocycles. The predicted octanol–water partition coefficient (Wildman–Crippen LogP) is 1.77. The molecule has 1 radical (unpaired) electrons. The van der Waals surface area contributed by atoms with Gasteiger partial charge < -0.3 is 5.11 Å². The second kappa shape index (κ2) is 2.99. The van der Waals surface area contributed by atoms with E-state index in [9.17, 15) is 4.39 Å². The molecular formula is C7H5ClFO. The standard InChI is InChI=1S/C7H5ClFO/c8-6-1-5(4-10)2-7(9)3-6/h2-3,10H,4H2. The summed E-state index contributed by atoms with van der Waals surface area (Å²) in [4.78, 5) is 0. The van der Waals surface area contributed by atoms with E-state index in [-0.39, 0.29) is 11.6 Å². The van der Waals surface area contributed by atoms with Crippen LogP contribution in [-0.4, -0.2) is 5.11 Å². The van der Waals surface area contributed by atoms with Gasteiger partial charge in [-0.05, 0) is 17.7 Å². The zero-order valence-corrected chi connectivity index (χ0v) is 5.82. The third-order valence-corrected chi connectivity index (χ3v) is 1.23. The molecule has 0 saturated heterocycles. The lowest BCUT2D eigenvalue weighted by molar-refractivity contribution is 0.281. The van der Waals surface area contributed by atoms with Gasteiger partial charge in [-0.3, -0.25) is 0 Å². The van der Waals surface area contributed by atoms with Crippen molar-refractivity contribution in [3.63, 3.8) is 0 Å². The normalized spacial score (nSPS) is 9.90. The molecule has 1 nitrogen and oxygen atoms in total. The van der Waals surface area contributed by atoms with Crippen molar-refractivity contribution >= 4 is 11.6 Å². The summed E-state index contributed by atoms with van der Waals surface area (Å²) in [7, 11) is 0. The molecule has 1 aromatic carbocycles. The summed E-state index contributed by atoms with van der Waals surface area (Å²) in [6.07, 6.45) is 0. The van der Waals surface area contributed by atoms with Gasteiger partial charge in [0.05, 0.1) is 11.6 Å². The van der Waals surface area contributed by atoms with Crippen molar-refractivity contribution in [3.8, 4) is 0 Å². The molecular weight excluding hydrogens is 155 g/mol. The van der Waals surface area contributed by atoms with E-state index in [1.54, 1.807) is 0 Å². The van der Waals surface area contributed by atoms with Crippen LogP contribution in [0.25, 0.3) is 0 Å². The molecule has 0 spiro atoms. The Kier molecular flexibility index (Phi) is 2.25. The SMILES string of the molecule is OCc1[c]c(Cl)cc(F)c1. The van der Waals surface area contributed by atoms with Gasteiger partial charge in [0, 0.05) is 6.07 Å². The average molecular weight is 160 g/mol. The number of halogens is 2. The number of aliphatic hydroxyl groups is 1. The van der Waals surface area contributed by atoms with Gasteiger partial charge in [-0.15, -0.1) is 0 Å². The average Bonchev–Trinajstić information content (AvgIpc) is 1.85. The van der Waals surface area contributed by atoms with Crippen molar-refractivity contribution in [2.24, 2.45) is 0 Å². The van der Waals surface area contributed by atoms with Gasteiger partial charge in [-0.2, -0.15) is 0 Å². The van der Waals surface area contributed by atoms with Crippen molar-refractivity contribution in [2.45, 2.75) is 6.61 Å². The van der Waals surface area contributed by atoms with Crippen LogP contribution in [-0.2, 0) is 6.61 Å². The Morgan fingerprint density at radius 3 is 2.80 bits per heavy atom. The fourth-order valence-corrected chi connectivity index (χ4v) is 0.865. The van der Waals surface area contributed by atoms with Crippen LogP contribution in [0.2, 0.25) is 5.02 Å². The molecule has 0 amide bonds. The van der Waals surface area contributed by atoms with E-state index < -0.39 is 5.82 Å². The maximum absolute atomic E-state index is 12.4. The topological polar surface area (TPSA) is 20.2 Å². The van der Waals surface area contributed by atoms with E-state index in [0.717, 1.165) is 6.07 Å². The highest BCUT2D eigenvalue weighted by atomic mass is 35.5.